The molecule has 1 saturated carbocycles. The molecule has 4 nitrogen and oxygen atoms in total. The average Bonchev–Trinajstić information content (AvgIpc) is 3.52. The van der Waals surface area contributed by atoms with Crippen molar-refractivity contribution in [2.75, 3.05) is 13.7 Å². The monoisotopic (exact) mass is 436 g/mol. The maximum Gasteiger partial charge on any atom is 0.161 e. The van der Waals surface area contributed by atoms with Gasteiger partial charge in [-0.1, -0.05) is 37.3 Å². The zero-order valence-corrected chi connectivity index (χ0v) is 19.5. The fraction of sp³-hybridized carbons (Fsp3) is 0.571. The second kappa shape index (κ2) is 8.72. The Balaban J connectivity index is 1.40. The molecule has 0 amide bonds. The van der Waals surface area contributed by atoms with E-state index in [0.717, 1.165) is 56.6 Å². The largest absolute Gasteiger partial charge is 0.493 e. The maximum atomic E-state index is 10.8. The molecule has 5 rings (SSSR count). The number of ether oxygens (including phenoxy) is 3. The van der Waals surface area contributed by atoms with Gasteiger partial charge in [0, 0.05) is 24.9 Å². The van der Waals surface area contributed by atoms with Gasteiger partial charge in [-0.25, -0.2) is 0 Å². The van der Waals surface area contributed by atoms with E-state index in [-0.39, 0.29) is 23.5 Å². The van der Waals surface area contributed by atoms with Crippen molar-refractivity contribution in [3.8, 4) is 11.5 Å². The predicted octanol–water partition coefficient (Wildman–Crippen LogP) is 5.30. The Morgan fingerprint density at radius 1 is 1.09 bits per heavy atom. The molecular weight excluding hydrogens is 400 g/mol. The third-order valence-corrected chi connectivity index (χ3v) is 8.38. The SMILES string of the molecule is COc1ccc([C@@H]2CC(C3CCCO3)C[C@@]2(C)[C@@H](C)O)cc1OC1Cc2ccccc2C1. The van der Waals surface area contributed by atoms with Gasteiger partial charge in [-0.05, 0) is 73.3 Å². The molecular formula is C28H36O4. The van der Waals surface area contributed by atoms with Crippen LogP contribution in [0.4, 0.5) is 0 Å². The molecule has 5 atom stereocenters. The normalized spacial score (nSPS) is 30.9. The topological polar surface area (TPSA) is 47.9 Å². The summed E-state index contributed by atoms with van der Waals surface area (Å²) in [6, 6.07) is 15.0. The summed E-state index contributed by atoms with van der Waals surface area (Å²) in [6.07, 6.45) is 6.29. The van der Waals surface area contributed by atoms with Crippen LogP contribution in [0, 0.1) is 11.3 Å². The van der Waals surface area contributed by atoms with Crippen molar-refractivity contribution in [3.63, 3.8) is 0 Å². The zero-order valence-electron chi connectivity index (χ0n) is 19.5. The third-order valence-electron chi connectivity index (χ3n) is 8.38. The van der Waals surface area contributed by atoms with E-state index < -0.39 is 0 Å². The molecule has 1 aliphatic heterocycles. The Kier molecular flexibility index (Phi) is 5.94. The van der Waals surface area contributed by atoms with Crippen LogP contribution in [0.25, 0.3) is 0 Å². The average molecular weight is 437 g/mol. The van der Waals surface area contributed by atoms with Crippen LogP contribution in [0.1, 0.15) is 62.1 Å². The van der Waals surface area contributed by atoms with E-state index >= 15 is 0 Å². The van der Waals surface area contributed by atoms with Crippen LogP contribution in [0.3, 0.4) is 0 Å². The lowest BCUT2D eigenvalue weighted by molar-refractivity contribution is 0.0264. The van der Waals surface area contributed by atoms with Crippen LogP contribution in [0.15, 0.2) is 42.5 Å². The van der Waals surface area contributed by atoms with Crippen molar-refractivity contribution in [1.82, 2.24) is 0 Å². The molecule has 2 aliphatic carbocycles. The Hall–Kier alpha value is -2.04. The Labute approximate surface area is 191 Å². The summed E-state index contributed by atoms with van der Waals surface area (Å²) in [5.41, 5.74) is 3.82. The minimum atomic E-state index is -0.380. The van der Waals surface area contributed by atoms with Gasteiger partial charge < -0.3 is 19.3 Å². The van der Waals surface area contributed by atoms with E-state index in [9.17, 15) is 5.11 Å². The highest BCUT2D eigenvalue weighted by molar-refractivity contribution is 5.45. The first kappa shape index (κ1) is 21.8. The molecule has 2 unspecified atom stereocenters. The van der Waals surface area contributed by atoms with Crippen molar-refractivity contribution in [3.05, 3.63) is 59.2 Å². The molecule has 0 aromatic heterocycles. The Bertz CT molecular complexity index is 923. The molecule has 32 heavy (non-hydrogen) atoms. The molecule has 2 aromatic rings. The number of hydrogen-bond acceptors (Lipinski definition) is 4. The second-order valence-electron chi connectivity index (χ2n) is 10.3. The van der Waals surface area contributed by atoms with Gasteiger partial charge in [0.25, 0.3) is 0 Å². The molecule has 172 valence electrons. The molecule has 0 radical (unpaired) electrons. The maximum absolute atomic E-state index is 10.8. The van der Waals surface area contributed by atoms with Crippen LogP contribution in [-0.2, 0) is 17.6 Å². The first-order valence-electron chi connectivity index (χ1n) is 12.2. The van der Waals surface area contributed by atoms with Crippen LogP contribution in [-0.4, -0.2) is 37.1 Å². The number of methoxy groups -OCH3 is 1. The fourth-order valence-electron chi connectivity index (χ4n) is 6.38. The molecule has 1 saturated heterocycles. The zero-order chi connectivity index (χ0) is 22.3. The molecule has 3 aliphatic rings. The third kappa shape index (κ3) is 3.92. The van der Waals surface area contributed by atoms with Crippen molar-refractivity contribution in [2.45, 2.75) is 76.6 Å². The number of aliphatic hydroxyl groups is 1. The van der Waals surface area contributed by atoms with E-state index in [4.69, 9.17) is 14.2 Å². The lowest BCUT2D eigenvalue weighted by Crippen LogP contribution is -2.33. The highest BCUT2D eigenvalue weighted by atomic mass is 16.5. The summed E-state index contributed by atoms with van der Waals surface area (Å²) in [6.45, 7) is 5.07. The summed E-state index contributed by atoms with van der Waals surface area (Å²) in [7, 11) is 1.70. The summed E-state index contributed by atoms with van der Waals surface area (Å²) in [5, 5.41) is 10.8. The van der Waals surface area contributed by atoms with Crippen LogP contribution < -0.4 is 9.47 Å². The molecule has 1 N–H and O–H groups in total. The van der Waals surface area contributed by atoms with E-state index in [1.165, 1.54) is 16.7 Å². The van der Waals surface area contributed by atoms with E-state index in [1.807, 2.05) is 13.0 Å². The van der Waals surface area contributed by atoms with Crippen molar-refractivity contribution in [1.29, 1.82) is 0 Å². The molecule has 0 spiro atoms. The van der Waals surface area contributed by atoms with Gasteiger partial charge in [0.05, 0.1) is 19.3 Å². The van der Waals surface area contributed by atoms with Gasteiger partial charge in [0.1, 0.15) is 6.10 Å². The van der Waals surface area contributed by atoms with Gasteiger partial charge in [0.2, 0.25) is 0 Å². The number of fused-ring (bicyclic) bond motifs is 1. The van der Waals surface area contributed by atoms with Gasteiger partial charge >= 0.3 is 0 Å². The standard InChI is InChI=1S/C28H36O4/c1-18(29)28(2)17-22(25-9-6-12-31-25)15-24(28)21-10-11-26(30-3)27(16-21)32-23-13-19-7-4-5-8-20(19)14-23/h4-5,7-8,10-11,16,18,22-25,29H,6,9,12-15,17H2,1-3H3/t18-,22?,24+,25?,28+/m1/s1. The van der Waals surface area contributed by atoms with Crippen molar-refractivity contribution < 1.29 is 19.3 Å². The summed E-state index contributed by atoms with van der Waals surface area (Å²) < 4.78 is 18.2. The lowest BCUT2D eigenvalue weighted by atomic mass is 9.72. The van der Waals surface area contributed by atoms with Crippen LogP contribution >= 0.6 is 0 Å². The summed E-state index contributed by atoms with van der Waals surface area (Å²) in [5.74, 6) is 2.36. The quantitative estimate of drug-likeness (QED) is 0.667. The smallest absolute Gasteiger partial charge is 0.161 e. The minimum absolute atomic E-state index is 0.128. The Morgan fingerprint density at radius 3 is 2.47 bits per heavy atom. The van der Waals surface area contributed by atoms with E-state index in [0.29, 0.717) is 12.0 Å². The minimum Gasteiger partial charge on any atom is -0.493 e. The molecule has 4 heteroatoms. The van der Waals surface area contributed by atoms with Crippen molar-refractivity contribution >= 4 is 0 Å². The number of benzene rings is 2. The highest BCUT2D eigenvalue weighted by Crippen LogP contribution is 2.56. The molecule has 2 fully saturated rings. The van der Waals surface area contributed by atoms with Crippen LogP contribution in [0.2, 0.25) is 0 Å². The van der Waals surface area contributed by atoms with Crippen molar-refractivity contribution in [2.24, 2.45) is 11.3 Å². The lowest BCUT2D eigenvalue weighted by Gasteiger charge is -2.35. The number of aliphatic hydroxyl groups excluding tert-OH is 1. The predicted molar refractivity (Wildman–Crippen MR) is 125 cm³/mol. The first-order chi connectivity index (χ1) is 15.5. The summed E-state index contributed by atoms with van der Waals surface area (Å²) in [4.78, 5) is 0. The molecule has 0 bridgehead atoms. The first-order valence-corrected chi connectivity index (χ1v) is 12.2. The van der Waals surface area contributed by atoms with Crippen LogP contribution in [0.5, 0.6) is 11.5 Å². The second-order valence-corrected chi connectivity index (χ2v) is 10.3. The molecule has 1 heterocycles. The Morgan fingerprint density at radius 2 is 1.84 bits per heavy atom. The van der Waals surface area contributed by atoms with Gasteiger partial charge in [-0.3, -0.25) is 0 Å². The number of hydrogen-bond donors (Lipinski definition) is 1. The van der Waals surface area contributed by atoms with E-state index in [1.54, 1.807) is 7.11 Å². The van der Waals surface area contributed by atoms with Gasteiger partial charge in [-0.15, -0.1) is 0 Å². The number of rotatable bonds is 6. The van der Waals surface area contributed by atoms with Gasteiger partial charge in [0.15, 0.2) is 11.5 Å². The summed E-state index contributed by atoms with van der Waals surface area (Å²) >= 11 is 0. The highest BCUT2D eigenvalue weighted by Gasteiger charge is 2.50. The van der Waals surface area contributed by atoms with Gasteiger partial charge in [-0.2, -0.15) is 0 Å². The fourth-order valence-corrected chi connectivity index (χ4v) is 6.38. The van der Waals surface area contributed by atoms with E-state index in [2.05, 4.69) is 43.3 Å². The molecule has 2 aromatic carbocycles.